The molecule has 0 saturated heterocycles. The first-order valence-electron chi connectivity index (χ1n) is 6.83. The van der Waals surface area contributed by atoms with Crippen molar-refractivity contribution in [3.05, 3.63) is 48.0 Å². The Bertz CT molecular complexity index is 448. The zero-order chi connectivity index (χ0) is 15.0. The molecule has 1 rings (SSSR count). The van der Waals surface area contributed by atoms with Crippen LogP contribution in [0.2, 0.25) is 0 Å². The van der Waals surface area contributed by atoms with Gasteiger partial charge in [-0.15, -0.1) is 0 Å². The van der Waals surface area contributed by atoms with Crippen LogP contribution in [0.3, 0.4) is 0 Å². The van der Waals surface area contributed by atoms with Gasteiger partial charge in [0.05, 0.1) is 19.3 Å². The Kier molecular flexibility index (Phi) is 7.17. The van der Waals surface area contributed by atoms with Crippen LogP contribution in [0.1, 0.15) is 32.4 Å². The molecule has 0 bridgehead atoms. The summed E-state index contributed by atoms with van der Waals surface area (Å²) in [5.74, 6) is 0. The molecule has 0 spiro atoms. The van der Waals surface area contributed by atoms with Crippen LogP contribution in [-0.2, 0) is 13.6 Å². The molecule has 0 radical (unpaired) electrons. The second-order valence-corrected chi connectivity index (χ2v) is 6.44. The quantitative estimate of drug-likeness (QED) is 0.583. The lowest BCUT2D eigenvalue weighted by molar-refractivity contribution is 0.152. The highest BCUT2D eigenvalue weighted by Crippen LogP contribution is 2.57. The van der Waals surface area contributed by atoms with E-state index in [-0.39, 0.29) is 13.2 Å². The summed E-state index contributed by atoms with van der Waals surface area (Å²) in [6.07, 6.45) is 2.50. The van der Waals surface area contributed by atoms with E-state index in [1.54, 1.807) is 38.1 Å². The molecular weight excluding hydrogens is 275 g/mol. The Morgan fingerprint density at radius 3 is 2.20 bits per heavy atom. The number of aliphatic hydroxyl groups is 1. The molecule has 4 nitrogen and oxygen atoms in total. The molecule has 0 amide bonds. The fourth-order valence-electron chi connectivity index (χ4n) is 2.00. The van der Waals surface area contributed by atoms with Crippen LogP contribution in [-0.4, -0.2) is 24.0 Å². The van der Waals surface area contributed by atoms with Crippen molar-refractivity contribution in [2.75, 3.05) is 13.2 Å². The van der Waals surface area contributed by atoms with Crippen molar-refractivity contribution >= 4 is 7.60 Å². The Balaban J connectivity index is 3.11. The van der Waals surface area contributed by atoms with E-state index in [2.05, 4.69) is 0 Å². The smallest absolute Gasteiger partial charge is 0.340 e. The molecule has 1 aromatic carbocycles. The van der Waals surface area contributed by atoms with Crippen LogP contribution in [0.25, 0.3) is 0 Å². The topological polar surface area (TPSA) is 55.8 Å². The highest BCUT2D eigenvalue weighted by molar-refractivity contribution is 7.54. The summed E-state index contributed by atoms with van der Waals surface area (Å²) >= 11 is 0. The lowest BCUT2D eigenvalue weighted by Gasteiger charge is -2.28. The predicted molar refractivity (Wildman–Crippen MR) is 80.9 cm³/mol. The van der Waals surface area contributed by atoms with E-state index < -0.39 is 19.4 Å². The fourth-order valence-corrected chi connectivity index (χ4v) is 4.04. The molecule has 1 aromatic rings. The SMILES string of the molecule is C/C=C/[C@@H]([C@@H](O)c1ccccc1)P(=O)(OCC)OCC. The zero-order valence-corrected chi connectivity index (χ0v) is 13.1. The third kappa shape index (κ3) is 4.29. The fraction of sp³-hybridized carbons (Fsp3) is 0.467. The molecule has 0 saturated carbocycles. The first kappa shape index (κ1) is 17.1. The van der Waals surface area contributed by atoms with Crippen LogP contribution >= 0.6 is 7.60 Å². The van der Waals surface area contributed by atoms with Crippen LogP contribution < -0.4 is 0 Å². The van der Waals surface area contributed by atoms with E-state index in [0.717, 1.165) is 0 Å². The highest BCUT2D eigenvalue weighted by atomic mass is 31.2. The van der Waals surface area contributed by atoms with Crippen molar-refractivity contribution in [3.63, 3.8) is 0 Å². The molecule has 112 valence electrons. The number of allylic oxidation sites excluding steroid dienone is 1. The van der Waals surface area contributed by atoms with E-state index in [9.17, 15) is 9.67 Å². The van der Waals surface area contributed by atoms with Crippen molar-refractivity contribution in [3.8, 4) is 0 Å². The summed E-state index contributed by atoms with van der Waals surface area (Å²) in [5, 5.41) is 10.5. The van der Waals surface area contributed by atoms with Gasteiger partial charge in [0.25, 0.3) is 0 Å². The Hall–Kier alpha value is -0.930. The van der Waals surface area contributed by atoms with Crippen molar-refractivity contribution in [2.24, 2.45) is 0 Å². The van der Waals surface area contributed by atoms with Gasteiger partial charge in [0.1, 0.15) is 5.66 Å². The molecule has 2 atom stereocenters. The Morgan fingerprint density at radius 1 is 1.20 bits per heavy atom. The molecule has 0 fully saturated rings. The van der Waals surface area contributed by atoms with Gasteiger partial charge in [-0.1, -0.05) is 42.5 Å². The lowest BCUT2D eigenvalue weighted by Crippen LogP contribution is -2.20. The minimum atomic E-state index is -3.40. The minimum Gasteiger partial charge on any atom is -0.387 e. The van der Waals surface area contributed by atoms with Gasteiger partial charge < -0.3 is 14.2 Å². The normalized spacial score (nSPS) is 15.4. The third-order valence-electron chi connectivity index (χ3n) is 2.84. The van der Waals surface area contributed by atoms with Gasteiger partial charge in [-0.3, -0.25) is 4.57 Å². The molecule has 1 N–H and O–H groups in total. The van der Waals surface area contributed by atoms with Crippen LogP contribution in [0.15, 0.2) is 42.5 Å². The summed E-state index contributed by atoms with van der Waals surface area (Å²) in [5.41, 5.74) is -0.0231. The van der Waals surface area contributed by atoms with Gasteiger partial charge in [0, 0.05) is 0 Å². The monoisotopic (exact) mass is 298 g/mol. The van der Waals surface area contributed by atoms with E-state index in [1.165, 1.54) is 0 Å². The predicted octanol–water partition coefficient (Wildman–Crippen LogP) is 3.93. The standard InChI is InChI=1S/C15H23O4P/c1-4-10-14(20(17,18-5-2)19-6-3)15(16)13-11-8-7-9-12-13/h4,7-12,14-16H,5-6H2,1-3H3/b10-4+/t14-,15-/m0/s1. The highest BCUT2D eigenvalue weighted by Gasteiger charge is 2.39. The number of hydrogen-bond donors (Lipinski definition) is 1. The summed E-state index contributed by atoms with van der Waals surface area (Å²) in [6, 6.07) is 9.12. The van der Waals surface area contributed by atoms with Gasteiger partial charge >= 0.3 is 7.60 Å². The first-order chi connectivity index (χ1) is 9.59. The summed E-state index contributed by atoms with van der Waals surface area (Å²) in [4.78, 5) is 0. The van der Waals surface area contributed by atoms with E-state index in [0.29, 0.717) is 5.56 Å². The van der Waals surface area contributed by atoms with Crippen molar-refractivity contribution in [1.29, 1.82) is 0 Å². The van der Waals surface area contributed by atoms with Crippen molar-refractivity contribution in [1.82, 2.24) is 0 Å². The molecule has 0 heterocycles. The maximum Gasteiger partial charge on any atom is 0.340 e. The van der Waals surface area contributed by atoms with Crippen LogP contribution in [0.4, 0.5) is 0 Å². The van der Waals surface area contributed by atoms with Crippen LogP contribution in [0.5, 0.6) is 0 Å². The second-order valence-electron chi connectivity index (χ2n) is 4.25. The van der Waals surface area contributed by atoms with Gasteiger partial charge in [-0.05, 0) is 26.3 Å². The second kappa shape index (κ2) is 8.38. The minimum absolute atomic E-state index is 0.271. The van der Waals surface area contributed by atoms with E-state index >= 15 is 0 Å². The van der Waals surface area contributed by atoms with E-state index in [4.69, 9.17) is 9.05 Å². The van der Waals surface area contributed by atoms with Crippen molar-refractivity contribution < 1.29 is 18.7 Å². The summed E-state index contributed by atoms with van der Waals surface area (Å²) in [6.45, 7) is 5.87. The number of benzene rings is 1. The van der Waals surface area contributed by atoms with Crippen LogP contribution in [0, 0.1) is 0 Å². The maximum atomic E-state index is 12.9. The summed E-state index contributed by atoms with van der Waals surface area (Å²) < 4.78 is 23.6. The lowest BCUT2D eigenvalue weighted by atomic mass is 10.1. The largest absolute Gasteiger partial charge is 0.387 e. The first-order valence-corrected chi connectivity index (χ1v) is 8.44. The molecule has 0 aliphatic heterocycles. The average molecular weight is 298 g/mol. The molecular formula is C15H23O4P. The Morgan fingerprint density at radius 2 is 1.75 bits per heavy atom. The van der Waals surface area contributed by atoms with Gasteiger partial charge in [0.15, 0.2) is 0 Å². The van der Waals surface area contributed by atoms with Crippen molar-refractivity contribution in [2.45, 2.75) is 32.5 Å². The molecule has 0 aliphatic rings. The number of aliphatic hydroxyl groups excluding tert-OH is 1. The molecule has 20 heavy (non-hydrogen) atoms. The number of rotatable bonds is 8. The molecule has 0 aromatic heterocycles. The summed E-state index contributed by atoms with van der Waals surface area (Å²) in [7, 11) is -3.40. The maximum absolute atomic E-state index is 12.9. The number of hydrogen-bond acceptors (Lipinski definition) is 4. The van der Waals surface area contributed by atoms with Gasteiger partial charge in [-0.2, -0.15) is 0 Å². The van der Waals surface area contributed by atoms with E-state index in [1.807, 2.05) is 25.1 Å². The molecule has 0 unspecified atom stereocenters. The third-order valence-corrected chi connectivity index (χ3v) is 5.26. The van der Waals surface area contributed by atoms with Gasteiger partial charge in [0.2, 0.25) is 0 Å². The van der Waals surface area contributed by atoms with Gasteiger partial charge in [-0.25, -0.2) is 0 Å². The molecule has 0 aliphatic carbocycles. The molecule has 5 heteroatoms. The Labute approximate surface area is 121 Å². The average Bonchev–Trinajstić information content (AvgIpc) is 2.45. The zero-order valence-electron chi connectivity index (χ0n) is 12.2.